The highest BCUT2D eigenvalue weighted by atomic mass is 16.5. The zero-order chi connectivity index (χ0) is 19.2. The van der Waals surface area contributed by atoms with Gasteiger partial charge in [-0.25, -0.2) is 0 Å². The van der Waals surface area contributed by atoms with Crippen molar-refractivity contribution in [1.82, 2.24) is 0 Å². The van der Waals surface area contributed by atoms with Crippen LogP contribution in [-0.2, 0) is 14.3 Å². The molecular formula is C21H32O5. The number of carbonyl (C=O) groups excluding carboxylic acids is 2. The third kappa shape index (κ3) is 10.7. The molecule has 1 aromatic rings. The van der Waals surface area contributed by atoms with E-state index in [2.05, 4.69) is 0 Å². The van der Waals surface area contributed by atoms with Crippen LogP contribution in [0.3, 0.4) is 0 Å². The Morgan fingerprint density at radius 1 is 0.808 bits per heavy atom. The molecule has 0 atom stereocenters. The molecule has 0 aliphatic rings. The summed E-state index contributed by atoms with van der Waals surface area (Å²) in [6.45, 7) is 6.20. The summed E-state index contributed by atoms with van der Waals surface area (Å²) in [5.74, 6) is 0.997. The van der Waals surface area contributed by atoms with Gasteiger partial charge < -0.3 is 14.2 Å². The van der Waals surface area contributed by atoms with Crippen LogP contribution in [0, 0.1) is 0 Å². The van der Waals surface area contributed by atoms with Crippen molar-refractivity contribution in [2.75, 3.05) is 6.61 Å². The van der Waals surface area contributed by atoms with Crippen LogP contribution >= 0.6 is 0 Å². The predicted molar refractivity (Wildman–Crippen MR) is 101 cm³/mol. The first-order valence-corrected chi connectivity index (χ1v) is 9.64. The topological polar surface area (TPSA) is 61.8 Å². The summed E-state index contributed by atoms with van der Waals surface area (Å²) < 4.78 is 15.8. The van der Waals surface area contributed by atoms with Crippen LogP contribution in [0.15, 0.2) is 24.3 Å². The molecule has 0 saturated carbocycles. The molecule has 0 radical (unpaired) electrons. The van der Waals surface area contributed by atoms with Crippen molar-refractivity contribution in [2.24, 2.45) is 0 Å². The Balaban J connectivity index is 2.05. The molecule has 0 unspecified atom stereocenters. The first-order chi connectivity index (χ1) is 12.5. The summed E-state index contributed by atoms with van der Waals surface area (Å²) in [5, 5.41) is 0. The maximum atomic E-state index is 11.8. The van der Waals surface area contributed by atoms with Crippen LogP contribution in [0.5, 0.6) is 11.5 Å². The minimum atomic E-state index is -0.204. The summed E-state index contributed by atoms with van der Waals surface area (Å²) >= 11 is 0. The van der Waals surface area contributed by atoms with E-state index in [1.54, 1.807) is 24.3 Å². The van der Waals surface area contributed by atoms with Crippen molar-refractivity contribution in [3.63, 3.8) is 0 Å². The summed E-state index contributed by atoms with van der Waals surface area (Å²) in [6.07, 6.45) is 6.90. The Kier molecular flexibility index (Phi) is 11.2. The van der Waals surface area contributed by atoms with Gasteiger partial charge in [0, 0.05) is 12.8 Å². The summed E-state index contributed by atoms with van der Waals surface area (Å²) in [6, 6.07) is 7.11. The van der Waals surface area contributed by atoms with E-state index in [1.807, 2.05) is 20.8 Å². The van der Waals surface area contributed by atoms with Crippen LogP contribution in [0.25, 0.3) is 0 Å². The van der Waals surface area contributed by atoms with E-state index >= 15 is 0 Å². The third-order valence-electron chi connectivity index (χ3n) is 3.74. The average Bonchev–Trinajstić information content (AvgIpc) is 2.59. The molecule has 5 heteroatoms. The van der Waals surface area contributed by atoms with Gasteiger partial charge in [-0.1, -0.05) is 25.7 Å². The maximum absolute atomic E-state index is 11.8. The summed E-state index contributed by atoms with van der Waals surface area (Å²) in [7, 11) is 0. The lowest BCUT2D eigenvalue weighted by atomic mass is 10.1. The van der Waals surface area contributed by atoms with Gasteiger partial charge in [0.15, 0.2) is 0 Å². The minimum Gasteiger partial charge on any atom is -0.491 e. The van der Waals surface area contributed by atoms with E-state index in [1.165, 1.54) is 0 Å². The lowest BCUT2D eigenvalue weighted by molar-refractivity contribution is -0.143. The third-order valence-corrected chi connectivity index (χ3v) is 3.74. The highest BCUT2D eigenvalue weighted by molar-refractivity contribution is 5.72. The van der Waals surface area contributed by atoms with Gasteiger partial charge >= 0.3 is 11.9 Å². The fourth-order valence-electron chi connectivity index (χ4n) is 2.52. The van der Waals surface area contributed by atoms with Crippen molar-refractivity contribution in [3.8, 4) is 11.5 Å². The van der Waals surface area contributed by atoms with Crippen LogP contribution < -0.4 is 9.47 Å². The molecule has 0 aromatic heterocycles. The first-order valence-electron chi connectivity index (χ1n) is 9.64. The number of hydrogen-bond donors (Lipinski definition) is 0. The van der Waals surface area contributed by atoms with E-state index in [4.69, 9.17) is 14.2 Å². The Hall–Kier alpha value is -2.04. The minimum absolute atomic E-state index is 0.112. The van der Waals surface area contributed by atoms with Gasteiger partial charge in [0.2, 0.25) is 0 Å². The molecule has 0 saturated heterocycles. The van der Waals surface area contributed by atoms with E-state index in [0.717, 1.165) is 44.3 Å². The van der Waals surface area contributed by atoms with Gasteiger partial charge in [0.05, 0.1) is 12.7 Å². The monoisotopic (exact) mass is 364 g/mol. The molecule has 1 aromatic carbocycles. The normalized spacial score (nSPS) is 10.6. The summed E-state index contributed by atoms with van der Waals surface area (Å²) in [4.78, 5) is 23.0. The van der Waals surface area contributed by atoms with Crippen molar-refractivity contribution in [2.45, 2.75) is 78.2 Å². The zero-order valence-corrected chi connectivity index (χ0v) is 16.3. The van der Waals surface area contributed by atoms with Crippen molar-refractivity contribution in [3.05, 3.63) is 24.3 Å². The second-order valence-electron chi connectivity index (χ2n) is 6.54. The smallest absolute Gasteiger partial charge is 0.311 e. The van der Waals surface area contributed by atoms with Crippen LogP contribution in [0.2, 0.25) is 0 Å². The van der Waals surface area contributed by atoms with Gasteiger partial charge in [0.1, 0.15) is 11.5 Å². The SMILES string of the molecule is CCOC(=O)CCCCCCCCC(=O)Oc1ccc(OC(C)C)cc1. The molecule has 0 spiro atoms. The number of esters is 2. The molecule has 1 rings (SSSR count). The van der Waals surface area contributed by atoms with Gasteiger partial charge in [-0.15, -0.1) is 0 Å². The molecule has 0 N–H and O–H groups in total. The predicted octanol–water partition coefficient (Wildman–Crippen LogP) is 5.06. The first kappa shape index (κ1) is 22.0. The molecular weight excluding hydrogens is 332 g/mol. The van der Waals surface area contributed by atoms with Crippen molar-refractivity contribution < 1.29 is 23.8 Å². The molecule has 0 fully saturated rings. The number of rotatable bonds is 13. The standard InChI is InChI=1S/C21H32O5/c1-4-24-20(22)11-9-7-5-6-8-10-12-21(23)26-19-15-13-18(14-16-19)25-17(2)3/h13-17H,4-12H2,1-3H3. The fraction of sp³-hybridized carbons (Fsp3) is 0.619. The Labute approximate surface area is 157 Å². The maximum Gasteiger partial charge on any atom is 0.311 e. The number of carbonyl (C=O) groups is 2. The Morgan fingerprint density at radius 2 is 1.31 bits per heavy atom. The molecule has 146 valence electrons. The highest BCUT2D eigenvalue weighted by Gasteiger charge is 2.06. The Bertz CT molecular complexity index is 522. The molecule has 0 aliphatic heterocycles. The second kappa shape index (κ2) is 13.2. The van der Waals surface area contributed by atoms with E-state index < -0.39 is 0 Å². The Morgan fingerprint density at radius 3 is 1.85 bits per heavy atom. The molecule has 5 nitrogen and oxygen atoms in total. The van der Waals surface area contributed by atoms with Crippen LogP contribution in [0.1, 0.15) is 72.1 Å². The van der Waals surface area contributed by atoms with Crippen molar-refractivity contribution in [1.29, 1.82) is 0 Å². The largest absolute Gasteiger partial charge is 0.491 e. The lowest BCUT2D eigenvalue weighted by Crippen LogP contribution is -2.08. The summed E-state index contributed by atoms with van der Waals surface area (Å²) in [5.41, 5.74) is 0. The quantitative estimate of drug-likeness (QED) is 0.278. The average molecular weight is 364 g/mol. The van der Waals surface area contributed by atoms with Crippen LogP contribution in [-0.4, -0.2) is 24.6 Å². The van der Waals surface area contributed by atoms with Gasteiger partial charge in [-0.3, -0.25) is 9.59 Å². The number of unbranched alkanes of at least 4 members (excludes halogenated alkanes) is 5. The van der Waals surface area contributed by atoms with Gasteiger partial charge in [-0.2, -0.15) is 0 Å². The zero-order valence-electron chi connectivity index (χ0n) is 16.3. The number of ether oxygens (including phenoxy) is 3. The van der Waals surface area contributed by atoms with Gasteiger partial charge in [0.25, 0.3) is 0 Å². The second-order valence-corrected chi connectivity index (χ2v) is 6.54. The molecule has 0 heterocycles. The van der Waals surface area contributed by atoms with Crippen LogP contribution in [0.4, 0.5) is 0 Å². The van der Waals surface area contributed by atoms with E-state index in [-0.39, 0.29) is 18.0 Å². The number of hydrogen-bond acceptors (Lipinski definition) is 5. The fourth-order valence-corrected chi connectivity index (χ4v) is 2.52. The van der Waals surface area contributed by atoms with Crippen molar-refractivity contribution >= 4 is 11.9 Å². The van der Waals surface area contributed by atoms with Gasteiger partial charge in [-0.05, 0) is 57.9 Å². The highest BCUT2D eigenvalue weighted by Crippen LogP contribution is 2.19. The molecule has 0 bridgehead atoms. The molecule has 0 amide bonds. The number of benzene rings is 1. The van der Waals surface area contributed by atoms with E-state index in [9.17, 15) is 9.59 Å². The lowest BCUT2D eigenvalue weighted by Gasteiger charge is -2.10. The molecule has 0 aliphatic carbocycles. The molecule has 26 heavy (non-hydrogen) atoms. The van der Waals surface area contributed by atoms with E-state index in [0.29, 0.717) is 25.2 Å².